The zero-order valence-corrected chi connectivity index (χ0v) is 56.0. The van der Waals surface area contributed by atoms with E-state index in [2.05, 4.69) is 32.9 Å². The Labute approximate surface area is 542 Å². The summed E-state index contributed by atoms with van der Waals surface area (Å²) < 4.78 is 64.7. The Morgan fingerprint density at radius 2 is 0.769 bits per heavy atom. The molecule has 18 atom stereocenters. The summed E-state index contributed by atoms with van der Waals surface area (Å²) in [7, 11) is -5.69. The molecule has 0 bridgehead atoms. The highest BCUT2D eigenvalue weighted by atomic mass is 31.2. The van der Waals surface area contributed by atoms with E-state index in [1.165, 1.54) is 103 Å². The molecule has 0 aromatic rings. The summed E-state index contributed by atoms with van der Waals surface area (Å²) >= 11 is 0. The van der Waals surface area contributed by atoms with Gasteiger partial charge in [0.05, 0.1) is 13.2 Å². The van der Waals surface area contributed by atoms with Crippen molar-refractivity contribution in [1.82, 2.24) is 0 Å². The van der Waals surface area contributed by atoms with Gasteiger partial charge in [-0.2, -0.15) is 0 Å². The number of ether oxygens (including phenoxy) is 7. The lowest BCUT2D eigenvalue weighted by molar-refractivity contribution is -0.360. The van der Waals surface area contributed by atoms with Crippen LogP contribution in [0.1, 0.15) is 258 Å². The number of aliphatic hydroxyl groups is 10. The first-order valence-electron chi connectivity index (χ1n) is 35.0. The maximum absolute atomic E-state index is 14.3. The smallest absolute Gasteiger partial charge is 0.463 e. The number of hydrogen-bond donors (Lipinski definition) is 11. The van der Waals surface area contributed by atoms with Gasteiger partial charge >= 0.3 is 25.7 Å². The van der Waals surface area contributed by atoms with Crippen LogP contribution in [0.4, 0.5) is 0 Å². The second-order valence-electron chi connectivity index (χ2n) is 25.2. The quantitative estimate of drug-likeness (QED) is 0.00902. The Morgan fingerprint density at radius 1 is 0.418 bits per heavy atom. The summed E-state index contributed by atoms with van der Waals surface area (Å²) in [4.78, 5) is 50.7. The number of allylic oxidation sites excluding steroid dienone is 2. The van der Waals surface area contributed by atoms with Crippen molar-refractivity contribution >= 4 is 25.7 Å². The summed E-state index contributed by atoms with van der Waals surface area (Å²) in [5, 5.41) is 110. The lowest BCUT2D eigenvalue weighted by Gasteiger charge is -2.49. The second-order valence-corrected chi connectivity index (χ2v) is 26.7. The van der Waals surface area contributed by atoms with Crippen LogP contribution in [0, 0.1) is 0 Å². The van der Waals surface area contributed by atoms with Gasteiger partial charge in [0, 0.05) is 19.3 Å². The predicted octanol–water partition coefficient (Wildman–Crippen LogP) is 8.01. The number of carbonyl (C=O) groups excluding carboxylic acids is 3. The number of unbranched alkanes of at least 4 members (excludes halogenated alkanes) is 30. The minimum absolute atomic E-state index is 0.0312. The number of carbonyl (C=O) groups is 3. The Bertz CT molecular complexity index is 1950. The molecule has 91 heavy (non-hydrogen) atoms. The van der Waals surface area contributed by atoms with E-state index in [1.54, 1.807) is 0 Å². The largest absolute Gasteiger partial charge is 0.472 e. The molecule has 0 aromatic carbocycles. The Balaban J connectivity index is 1.77. The van der Waals surface area contributed by atoms with Gasteiger partial charge in [-0.15, -0.1) is 0 Å². The van der Waals surface area contributed by atoms with Gasteiger partial charge in [-0.05, 0) is 44.9 Å². The van der Waals surface area contributed by atoms with Gasteiger partial charge in [-0.25, -0.2) is 4.57 Å². The van der Waals surface area contributed by atoms with Crippen molar-refractivity contribution in [2.45, 2.75) is 362 Å². The molecule has 11 N–H and O–H groups in total. The SMILES string of the molecule is CCCCCCCC/C=C\CCCCCC(=O)OC(COC(=O)CCCCCCCCCCCCC)COP(=O)(O)OC1C(OC2OC(CO)C(O)C(O)C2O)C(O)C(O)C(O)C1OC1OC(COC(=O)CCCCCCCCCCCCCC)C(O)C(O)C1O. The fourth-order valence-corrected chi connectivity index (χ4v) is 12.5. The molecule has 2 aliphatic heterocycles. The number of esters is 3. The van der Waals surface area contributed by atoms with Crippen molar-refractivity contribution in [3.05, 3.63) is 12.2 Å². The standard InChI is InChI=1S/C66H121O24P/c1-4-7-10-13-16-19-22-24-27-30-33-36-39-42-52(70)85-47(44-82-50(68)40-37-34-31-28-25-21-18-15-12-9-6-3)45-84-91(80,81)90-64-62(88-65-60(78)55(73)53(71)48(43-67)86-65)58(76)57(75)59(77)63(64)89-66-61(79)56(74)54(72)49(87-66)46-83-51(69)41-38-35-32-29-26-23-20-17-14-11-8-5-2/h24,27,47-49,53-67,71-79H,4-23,25-26,28-46H2,1-3H3,(H,80,81)/b27-24-. The highest BCUT2D eigenvalue weighted by molar-refractivity contribution is 7.47. The summed E-state index contributed by atoms with van der Waals surface area (Å²) in [6.45, 7) is 3.37. The summed E-state index contributed by atoms with van der Waals surface area (Å²) in [5.74, 6) is -2.01. The summed E-state index contributed by atoms with van der Waals surface area (Å²) in [5.41, 5.74) is 0. The molecule has 3 rings (SSSR count). The average molecular weight is 1330 g/mol. The van der Waals surface area contributed by atoms with Gasteiger partial charge in [0.25, 0.3) is 0 Å². The molecule has 3 aliphatic rings. The van der Waals surface area contributed by atoms with Crippen molar-refractivity contribution < 1.29 is 117 Å². The number of rotatable bonds is 53. The molecule has 18 unspecified atom stereocenters. The zero-order chi connectivity index (χ0) is 66.8. The fourth-order valence-electron chi connectivity index (χ4n) is 11.5. The van der Waals surface area contributed by atoms with Crippen molar-refractivity contribution in [1.29, 1.82) is 0 Å². The molecule has 0 spiro atoms. The third-order valence-electron chi connectivity index (χ3n) is 17.3. The highest BCUT2D eigenvalue weighted by Gasteiger charge is 2.58. The molecule has 1 saturated carbocycles. The Hall–Kier alpha value is -2.30. The van der Waals surface area contributed by atoms with E-state index >= 15 is 0 Å². The molecule has 0 radical (unpaired) electrons. The van der Waals surface area contributed by atoms with Crippen molar-refractivity contribution in [3.8, 4) is 0 Å². The topological polar surface area (TPSA) is 374 Å². The molecule has 0 aromatic heterocycles. The molecular formula is C66H121O24P. The van der Waals surface area contributed by atoms with E-state index < -0.39 is 156 Å². The molecule has 3 fully saturated rings. The van der Waals surface area contributed by atoms with Crippen molar-refractivity contribution in [3.63, 3.8) is 0 Å². The molecule has 0 amide bonds. The number of aliphatic hydroxyl groups excluding tert-OH is 10. The van der Waals surface area contributed by atoms with E-state index in [4.69, 9.17) is 42.2 Å². The zero-order valence-electron chi connectivity index (χ0n) is 55.1. The first kappa shape index (κ1) is 82.9. The van der Waals surface area contributed by atoms with Gasteiger partial charge in [-0.3, -0.25) is 23.4 Å². The van der Waals surface area contributed by atoms with E-state index in [-0.39, 0.29) is 19.3 Å². The average Bonchev–Trinajstić information content (AvgIpc) is 0.827. The lowest BCUT2D eigenvalue weighted by atomic mass is 9.84. The normalized spacial score (nSPS) is 28.9. The summed E-state index contributed by atoms with van der Waals surface area (Å²) in [6, 6.07) is 0. The Morgan fingerprint density at radius 3 is 1.20 bits per heavy atom. The van der Waals surface area contributed by atoms with Gasteiger partial charge in [-0.1, -0.05) is 206 Å². The monoisotopic (exact) mass is 1330 g/mol. The lowest BCUT2D eigenvalue weighted by Crippen LogP contribution is -2.69. The van der Waals surface area contributed by atoms with Crippen molar-refractivity contribution in [2.75, 3.05) is 26.4 Å². The van der Waals surface area contributed by atoms with Crippen LogP contribution in [0.5, 0.6) is 0 Å². The van der Waals surface area contributed by atoms with Crippen molar-refractivity contribution in [2.24, 2.45) is 0 Å². The third kappa shape index (κ3) is 33.5. The highest BCUT2D eigenvalue weighted by Crippen LogP contribution is 2.49. The fraction of sp³-hybridized carbons (Fsp3) is 0.924. The van der Waals surface area contributed by atoms with E-state index in [0.29, 0.717) is 25.7 Å². The number of hydrogen-bond acceptors (Lipinski definition) is 23. The Kier molecular flexibility index (Phi) is 44.9. The third-order valence-corrected chi connectivity index (χ3v) is 18.3. The first-order chi connectivity index (χ1) is 43.8. The minimum Gasteiger partial charge on any atom is -0.463 e. The van der Waals surface area contributed by atoms with E-state index in [0.717, 1.165) is 89.9 Å². The van der Waals surface area contributed by atoms with E-state index in [1.807, 2.05) is 0 Å². The van der Waals surface area contributed by atoms with Crippen LogP contribution in [0.2, 0.25) is 0 Å². The number of phosphoric ester groups is 1. The molecule has 2 heterocycles. The van der Waals surface area contributed by atoms with Gasteiger partial charge in [0.2, 0.25) is 0 Å². The van der Waals surface area contributed by atoms with Crippen LogP contribution in [0.3, 0.4) is 0 Å². The maximum atomic E-state index is 14.3. The van der Waals surface area contributed by atoms with Gasteiger partial charge < -0.3 is 89.1 Å². The van der Waals surface area contributed by atoms with Gasteiger partial charge in [0.1, 0.15) is 98.7 Å². The number of phosphoric acid groups is 1. The van der Waals surface area contributed by atoms with Crippen LogP contribution in [0.25, 0.3) is 0 Å². The molecule has 24 nitrogen and oxygen atoms in total. The van der Waals surface area contributed by atoms with Crippen LogP contribution in [-0.4, -0.2) is 204 Å². The van der Waals surface area contributed by atoms with Gasteiger partial charge in [0.15, 0.2) is 18.7 Å². The van der Waals surface area contributed by atoms with E-state index in [9.17, 15) is 74.9 Å². The first-order valence-corrected chi connectivity index (χ1v) is 36.5. The maximum Gasteiger partial charge on any atom is 0.472 e. The van der Waals surface area contributed by atoms with Crippen LogP contribution < -0.4 is 0 Å². The molecule has 1 aliphatic carbocycles. The summed E-state index contributed by atoms with van der Waals surface area (Å²) in [6.07, 6.45) is 4.69. The van der Waals surface area contributed by atoms with Crippen LogP contribution in [0.15, 0.2) is 12.2 Å². The second kappa shape index (κ2) is 49.2. The molecule has 2 saturated heterocycles. The minimum atomic E-state index is -5.69. The molecular weight excluding hydrogens is 1210 g/mol. The predicted molar refractivity (Wildman–Crippen MR) is 338 cm³/mol. The van der Waals surface area contributed by atoms with Crippen LogP contribution in [-0.2, 0) is 61.2 Å². The molecule has 534 valence electrons. The van der Waals surface area contributed by atoms with Crippen LogP contribution >= 0.6 is 7.82 Å². The molecule has 25 heteroatoms.